The van der Waals surface area contributed by atoms with Crippen LogP contribution in [0.4, 0.5) is 80.7 Å². The smallest absolute Gasteiger partial charge is 0.870 e. The molecule has 0 fully saturated rings. The number of carboxylic acid groups (broad SMARTS) is 2. The van der Waals surface area contributed by atoms with Crippen molar-refractivity contribution in [3.63, 3.8) is 0 Å². The molecule has 7 aromatic carbocycles. The van der Waals surface area contributed by atoms with Crippen molar-refractivity contribution in [2.45, 2.75) is 38.3 Å². The van der Waals surface area contributed by atoms with E-state index in [-0.39, 0.29) is 233 Å². The number of rotatable bonds is 23. The first-order chi connectivity index (χ1) is 48.9. The number of aromatic nitrogens is 8. The fraction of sp³-hybridized carbons (Fsp3) is 0.0333. The van der Waals surface area contributed by atoms with Crippen molar-refractivity contribution in [3.05, 3.63) is 175 Å². The molecule has 4 aromatic heterocycles. The molecule has 0 aliphatic heterocycles. The molecule has 51 heteroatoms. The Labute approximate surface area is 737 Å². The van der Waals surface area contributed by atoms with Crippen LogP contribution in [0.1, 0.15) is 34.6 Å². The van der Waals surface area contributed by atoms with Crippen LogP contribution in [0.15, 0.2) is 209 Å². The number of fused-ring (bicyclic) bond motifs is 2. The zero-order chi connectivity index (χ0) is 75.0. The summed E-state index contributed by atoms with van der Waals surface area (Å²) in [6.45, 7) is 2.25. The number of hydrogen-bond acceptors (Lipinski definition) is 35. The fourth-order valence-corrected chi connectivity index (χ4v) is 13.3. The Morgan fingerprint density at radius 3 is 1.04 bits per heavy atom. The number of nitrogens with one attached hydrogen (secondary N) is 6. The van der Waals surface area contributed by atoms with Crippen LogP contribution in [0.3, 0.4) is 0 Å². The Bertz CT molecular complexity index is 6190. The molecule has 4 heterocycles. The summed E-state index contributed by atoms with van der Waals surface area (Å²) in [6.07, 6.45) is 4.93. The van der Waals surface area contributed by atoms with Crippen molar-refractivity contribution in [1.82, 2.24) is 29.9 Å². The van der Waals surface area contributed by atoms with Crippen LogP contribution >= 0.6 is 0 Å². The number of carbonyl (C=O) groups excluding carboxylic acids is 2. The molecule has 0 saturated heterocycles. The topological polar surface area (TPSA) is 661 Å². The van der Waals surface area contributed by atoms with Gasteiger partial charge in [-0.25, -0.2) is 60.8 Å². The van der Waals surface area contributed by atoms with Gasteiger partial charge in [-0.05, 0) is 135 Å². The first kappa shape index (κ1) is 95.5. The second kappa shape index (κ2) is 38.8. The minimum Gasteiger partial charge on any atom is -0.870 e. The Balaban J connectivity index is 0.00000371. The molecule has 0 spiro atoms. The Morgan fingerprint density at radius 1 is 0.369 bits per heavy atom. The third-order valence-corrected chi connectivity index (χ3v) is 18.5. The summed E-state index contributed by atoms with van der Waals surface area (Å²) in [5.41, 5.74) is -2.34. The van der Waals surface area contributed by atoms with Crippen LogP contribution in [0.5, 0.6) is 0 Å². The van der Waals surface area contributed by atoms with Crippen LogP contribution in [0.2, 0.25) is 0 Å². The number of benzene rings is 7. The molecule has 0 atom stereocenters. The van der Waals surface area contributed by atoms with Gasteiger partial charge in [0.25, 0.3) is 0 Å². The SMILES string of the molecule is CC(=O)Nc1cc(Nc2nc(Nc3ccc(S(=O)(=O)[O-])c(Nc4nc(Nc5ccc(N=Nc6cc(S(=O)(=O)[O-])c7cccc(S(=O)(=O)[O-])c7c6)c(NC(C)=O)c5)nc(-[n+]5cccc(C(=O)O)c5)n4)c3)nc(-[n+]3cccc(C(=O)O)c3)n2)ccc1N=Nc1cc(S(=O)(=O)[O-])c2cccc(S(=O)(=O)[O-])c2c1.[Na+].[Na+].[Na+].[Na+].[Na+].[OH-].[OH-]. The van der Waals surface area contributed by atoms with Gasteiger partial charge in [0.15, 0.2) is 0 Å². The Morgan fingerprint density at radius 2 is 0.703 bits per heavy atom. The number of anilines is 10. The van der Waals surface area contributed by atoms with E-state index in [1.807, 2.05) is 0 Å². The monoisotopic (exact) mass is 1660 g/mol. The van der Waals surface area contributed by atoms with Gasteiger partial charge in [0, 0.05) is 52.5 Å². The minimum atomic E-state index is -5.43. The third kappa shape index (κ3) is 23.9. The summed E-state index contributed by atoms with van der Waals surface area (Å²) in [4.78, 5) is 71.4. The van der Waals surface area contributed by atoms with Gasteiger partial charge in [0.05, 0.1) is 88.8 Å². The number of amides is 2. The quantitative estimate of drug-likeness (QED) is 0.0128. The maximum Gasteiger partial charge on any atom is 1.00 e. The van der Waals surface area contributed by atoms with Crippen LogP contribution < -0.4 is 189 Å². The number of carbonyl (C=O) groups is 4. The summed E-state index contributed by atoms with van der Waals surface area (Å²) in [5.74, 6) is -6.34. The predicted octanol–water partition coefficient (Wildman–Crippen LogP) is -8.78. The maximum atomic E-state index is 13.0. The van der Waals surface area contributed by atoms with Gasteiger partial charge in [0.1, 0.15) is 62.0 Å². The van der Waals surface area contributed by atoms with Gasteiger partial charge in [0.2, 0.25) is 11.8 Å². The van der Waals surface area contributed by atoms with E-state index in [4.69, 9.17) is 0 Å². The van der Waals surface area contributed by atoms with E-state index in [1.165, 1.54) is 77.6 Å². The molecule has 0 bridgehead atoms. The Kier molecular flexibility index (Phi) is 33.4. The molecule has 111 heavy (non-hydrogen) atoms. The van der Waals surface area contributed by atoms with E-state index in [0.29, 0.717) is 0 Å². The number of hydrogen-bond donors (Lipinski definition) is 8. The summed E-state index contributed by atoms with van der Waals surface area (Å²) >= 11 is 0. The summed E-state index contributed by atoms with van der Waals surface area (Å²) in [7, 11) is -26.6. The van der Waals surface area contributed by atoms with Crippen molar-refractivity contribution in [2.75, 3.05) is 31.9 Å². The van der Waals surface area contributed by atoms with Gasteiger partial charge < -0.3 is 75.8 Å². The maximum absolute atomic E-state index is 13.0. The van der Waals surface area contributed by atoms with Crippen molar-refractivity contribution in [1.29, 1.82) is 0 Å². The third-order valence-electron chi connectivity index (χ3n) is 14.1. The summed E-state index contributed by atoms with van der Waals surface area (Å²) in [5, 5.41) is 50.6. The number of nitrogens with zero attached hydrogens (tertiary/aromatic N) is 12. The minimum absolute atomic E-state index is 0. The molecular formula is C60H43N18Na5O23S5. The first-order valence-electron chi connectivity index (χ1n) is 28.7. The number of azo groups is 2. The van der Waals surface area contributed by atoms with Crippen molar-refractivity contribution in [3.8, 4) is 11.9 Å². The van der Waals surface area contributed by atoms with E-state index in [9.17, 15) is 94.2 Å². The van der Waals surface area contributed by atoms with Crippen LogP contribution in [-0.4, -0.2) is 140 Å². The van der Waals surface area contributed by atoms with Crippen molar-refractivity contribution in [2.24, 2.45) is 20.5 Å². The molecule has 2 amide bonds. The molecule has 0 aliphatic carbocycles. The molecule has 11 aromatic rings. The van der Waals surface area contributed by atoms with E-state index < -0.39 is 149 Å². The Hall–Kier alpha value is -7.87. The van der Waals surface area contributed by atoms with E-state index in [0.717, 1.165) is 110 Å². The molecule has 546 valence electrons. The van der Waals surface area contributed by atoms with Gasteiger partial charge >= 0.3 is 195 Å². The summed E-state index contributed by atoms with van der Waals surface area (Å²) in [6, 6.07) is 25.7. The predicted molar refractivity (Wildman–Crippen MR) is 358 cm³/mol. The average molecular weight is 1660 g/mol. The van der Waals surface area contributed by atoms with E-state index >= 15 is 0 Å². The second-order valence-corrected chi connectivity index (χ2v) is 28.2. The molecule has 11 rings (SSSR count). The largest absolute Gasteiger partial charge is 1.00 e. The molecule has 0 unspecified atom stereocenters. The van der Waals surface area contributed by atoms with Gasteiger partial charge in [-0.3, -0.25) is 9.59 Å². The van der Waals surface area contributed by atoms with Crippen LogP contribution in [0.25, 0.3) is 33.4 Å². The standard InChI is InChI=1S/C60H44N18O21S5.5Na.2H2O/c1-30(79)61-45-23-34(13-16-43(45)75-73-37-21-41-39(51(26-37)103(94,95)96)9-3-11-48(41)100(85,86)87)63-55-67-56(70-59(69-55)77-19-5-7-32(28-77)53(81)82)65-36-15-18-50(102(91,92)93)47(25-36)66-58-68-57(71-60(72-58)78-20-6-8-33(29-78)54(83)84)64-35-14-17-44(46(24-35)62-31(2)80)76-74-38-22-42-40(52(27-38)104(97,98)99)10-4-12-49(42)101(88,89)90;;;;;;;/h3-29H,1-2H3,(H11-2,61,62,63,64,65,66,67,68,69,70,71,72,73,74,79,80,81,82,83,84,85,86,87,88,89,90,91,92,93,94,95,96,97,98,99);;;;;;2*1H2/q;5*+1;;/p-5. The van der Waals surface area contributed by atoms with Crippen molar-refractivity contribution >= 4 is 177 Å². The number of carboxylic acids is 2. The zero-order valence-corrected chi connectivity index (χ0v) is 72.1. The number of pyridine rings is 2. The fourth-order valence-electron chi connectivity index (χ4n) is 9.86. The molecule has 0 saturated carbocycles. The molecule has 0 aliphatic rings. The molecule has 41 nitrogen and oxygen atoms in total. The molecule has 10 N–H and O–H groups in total. The second-order valence-electron chi connectivity index (χ2n) is 21.5. The van der Waals surface area contributed by atoms with Crippen LogP contribution in [0, 0.1) is 0 Å². The van der Waals surface area contributed by atoms with Gasteiger partial charge in [-0.15, -0.1) is 20.2 Å². The average Bonchev–Trinajstić information content (AvgIpc) is 0.766. The van der Waals surface area contributed by atoms with E-state index in [1.54, 1.807) is 0 Å². The first-order valence-corrected chi connectivity index (χ1v) is 35.8. The van der Waals surface area contributed by atoms with Crippen LogP contribution in [-0.2, 0) is 60.2 Å². The molecular weight excluding hydrogens is 1620 g/mol. The summed E-state index contributed by atoms with van der Waals surface area (Å²) < 4.78 is 189. The normalized spacial score (nSPS) is 11.4. The molecule has 0 radical (unpaired) electrons. The van der Waals surface area contributed by atoms with Gasteiger partial charge in [-0.1, -0.05) is 24.3 Å². The van der Waals surface area contributed by atoms with E-state index in [2.05, 4.69) is 82.3 Å². The number of aromatic carboxylic acids is 2. The van der Waals surface area contributed by atoms with Crippen molar-refractivity contribution < 1.29 is 262 Å². The van der Waals surface area contributed by atoms with Gasteiger partial charge in [-0.2, -0.15) is 10.2 Å². The zero-order valence-electron chi connectivity index (χ0n) is 58.0.